The molecule has 0 N–H and O–H groups in total. The molecule has 0 unspecified atom stereocenters. The molecule has 0 saturated heterocycles. The molecule has 0 aromatic rings. The van der Waals surface area contributed by atoms with Crippen molar-refractivity contribution in [1.29, 1.82) is 0 Å². The van der Waals surface area contributed by atoms with Gasteiger partial charge in [0.05, 0.1) is 0 Å². The van der Waals surface area contributed by atoms with Gasteiger partial charge in [0.1, 0.15) is 0 Å². The Labute approximate surface area is 102 Å². The van der Waals surface area contributed by atoms with Gasteiger partial charge in [-0.05, 0) is 0 Å². The van der Waals surface area contributed by atoms with Gasteiger partial charge in [0.2, 0.25) is 0 Å². The van der Waals surface area contributed by atoms with Crippen molar-refractivity contribution in [3.63, 3.8) is 0 Å². The topological polar surface area (TPSA) is 0 Å². The van der Waals surface area contributed by atoms with E-state index >= 15 is 0 Å². The molecular weight excluding hydrogens is 146 g/mol. The molecule has 66 valence electrons. The van der Waals surface area contributed by atoms with Gasteiger partial charge >= 0.3 is 102 Å². The van der Waals surface area contributed by atoms with Crippen molar-refractivity contribution in [2.75, 3.05) is 0 Å². The molecule has 0 aromatic carbocycles. The Hall–Kier alpha value is 1.19. The molecule has 2 aliphatic rings. The van der Waals surface area contributed by atoms with Crippen LogP contribution in [-0.2, 0) is 0 Å². The van der Waals surface area contributed by atoms with E-state index in [4.69, 9.17) is 0 Å². The van der Waals surface area contributed by atoms with E-state index in [2.05, 4.69) is 35.4 Å². The Kier molecular flexibility index (Phi) is 7.06. The minimum atomic E-state index is 1.04. The minimum absolute atomic E-state index is 1.04. The van der Waals surface area contributed by atoms with Crippen LogP contribution in [0.5, 0.6) is 0 Å². The summed E-state index contributed by atoms with van der Waals surface area (Å²) in [6.07, 6.45) is 13.4. The number of hydrogen-bond donors (Lipinski definition) is 0. The number of hydrogen-bond acceptors (Lipinski definition) is 0. The predicted molar refractivity (Wildman–Crippen MR) is 60.6 cm³/mol. The van der Waals surface area contributed by atoms with Crippen LogP contribution in [0.15, 0.2) is 0 Å². The molecule has 2 saturated carbocycles. The molecule has 2 fully saturated rings. The van der Waals surface area contributed by atoms with Crippen molar-refractivity contribution in [2.45, 2.75) is 67.0 Å². The second-order valence-electron chi connectivity index (χ2n) is 5.13. The Morgan fingerprint density at radius 2 is 0.846 bits per heavy atom. The van der Waals surface area contributed by atoms with Gasteiger partial charge in [-0.3, -0.25) is 0 Å². The van der Waals surface area contributed by atoms with Crippen LogP contribution in [-0.4, -0.2) is 35.4 Å². The quantitative estimate of drug-likeness (QED) is 0.483. The average molecular weight is 166 g/mol. The zero-order chi connectivity index (χ0) is 9.52. The maximum absolute atomic E-state index is 2.36. The first-order chi connectivity index (χ1) is 6.29. The van der Waals surface area contributed by atoms with Gasteiger partial charge in [0.25, 0.3) is 0 Å². The Morgan fingerprint density at radius 1 is 0.538 bits per heavy atom. The fourth-order valence-electron chi connectivity index (χ4n) is 2.44. The fraction of sp³-hybridized carbons (Fsp3) is 1.00. The molecule has 0 bridgehead atoms. The molecule has 0 atom stereocenters. The zero-order valence-electron chi connectivity index (χ0n) is 9.52. The SMILES string of the molecule is [Li][CH]1CCCC1.[Li][CH]1CCCCC1. The van der Waals surface area contributed by atoms with Crippen molar-refractivity contribution in [3.8, 4) is 0 Å². The van der Waals surface area contributed by atoms with Crippen molar-refractivity contribution < 1.29 is 0 Å². The van der Waals surface area contributed by atoms with Gasteiger partial charge in [-0.15, -0.1) is 0 Å². The van der Waals surface area contributed by atoms with Crippen LogP contribution in [0.2, 0.25) is 9.18 Å². The van der Waals surface area contributed by atoms with Crippen LogP contribution < -0.4 is 0 Å². The number of rotatable bonds is 0. The molecule has 13 heavy (non-hydrogen) atoms. The van der Waals surface area contributed by atoms with E-state index in [1.54, 1.807) is 0 Å². The van der Waals surface area contributed by atoms with E-state index in [1.807, 2.05) is 0 Å². The second kappa shape index (κ2) is 7.48. The van der Waals surface area contributed by atoms with Gasteiger partial charge in [0.15, 0.2) is 0 Å². The third-order valence-corrected chi connectivity index (χ3v) is 3.54. The Morgan fingerprint density at radius 3 is 1.08 bits per heavy atom. The van der Waals surface area contributed by atoms with Gasteiger partial charge in [0, 0.05) is 0 Å². The van der Waals surface area contributed by atoms with Crippen molar-refractivity contribution in [1.82, 2.24) is 0 Å². The molecule has 0 spiro atoms. The van der Waals surface area contributed by atoms with E-state index in [9.17, 15) is 0 Å². The summed E-state index contributed by atoms with van der Waals surface area (Å²) in [5.74, 6) is 0. The van der Waals surface area contributed by atoms with Crippen LogP contribution in [0.25, 0.3) is 0 Å². The molecule has 2 heteroatoms. The van der Waals surface area contributed by atoms with Crippen LogP contribution in [0.3, 0.4) is 0 Å². The third-order valence-electron chi connectivity index (χ3n) is 3.54. The summed E-state index contributed by atoms with van der Waals surface area (Å²) in [5.41, 5.74) is 0. The summed E-state index contributed by atoms with van der Waals surface area (Å²) < 4.78 is 2.08. The summed E-state index contributed by atoms with van der Waals surface area (Å²) in [5, 5.41) is 0. The van der Waals surface area contributed by atoms with E-state index in [-0.39, 0.29) is 0 Å². The molecule has 0 aliphatic heterocycles. The average Bonchev–Trinajstić information content (AvgIpc) is 2.58. The molecule has 0 heterocycles. The fourth-order valence-corrected chi connectivity index (χ4v) is 2.44. The first kappa shape index (κ1) is 12.3. The zero-order valence-corrected chi connectivity index (χ0v) is 9.52. The van der Waals surface area contributed by atoms with Crippen LogP contribution >= 0.6 is 0 Å². The summed E-state index contributed by atoms with van der Waals surface area (Å²) in [4.78, 5) is 0. The van der Waals surface area contributed by atoms with E-state index in [1.165, 1.54) is 57.8 Å². The molecule has 0 radical (unpaired) electrons. The van der Waals surface area contributed by atoms with Crippen LogP contribution in [0.4, 0.5) is 0 Å². The summed E-state index contributed by atoms with van der Waals surface area (Å²) >= 11 is 4.70. The van der Waals surface area contributed by atoms with Gasteiger partial charge in [-0.2, -0.15) is 0 Å². The van der Waals surface area contributed by atoms with Gasteiger partial charge in [-0.1, -0.05) is 0 Å². The summed E-state index contributed by atoms with van der Waals surface area (Å²) in [6.45, 7) is 0. The molecule has 2 aliphatic carbocycles. The molecule has 0 nitrogen and oxygen atoms in total. The van der Waals surface area contributed by atoms with Crippen LogP contribution in [0, 0.1) is 0 Å². The second-order valence-corrected chi connectivity index (χ2v) is 5.13. The van der Waals surface area contributed by atoms with E-state index < -0.39 is 0 Å². The molecule has 2 rings (SSSR count). The first-order valence-corrected chi connectivity index (χ1v) is 6.29. The Balaban J connectivity index is 0.000000132. The molecule has 0 aromatic heterocycles. The van der Waals surface area contributed by atoms with E-state index in [0.29, 0.717) is 0 Å². The van der Waals surface area contributed by atoms with Crippen LogP contribution in [0.1, 0.15) is 57.8 Å². The Bertz CT molecular complexity index is 113. The monoisotopic (exact) mass is 166 g/mol. The van der Waals surface area contributed by atoms with Gasteiger partial charge in [-0.25, -0.2) is 0 Å². The van der Waals surface area contributed by atoms with Crippen molar-refractivity contribution in [3.05, 3.63) is 0 Å². The van der Waals surface area contributed by atoms with Crippen molar-refractivity contribution >= 4 is 35.4 Å². The summed E-state index contributed by atoms with van der Waals surface area (Å²) in [7, 11) is 0. The molecular formula is C11H20Li2. The van der Waals surface area contributed by atoms with Gasteiger partial charge < -0.3 is 0 Å². The normalized spacial score (nSPS) is 25.5. The maximum atomic E-state index is 2.36. The van der Waals surface area contributed by atoms with Crippen molar-refractivity contribution in [2.24, 2.45) is 0 Å². The molecule has 0 amide bonds. The first-order valence-electron chi connectivity index (χ1n) is 6.29. The summed E-state index contributed by atoms with van der Waals surface area (Å²) in [6, 6.07) is 0. The third kappa shape index (κ3) is 6.30. The predicted octanol–water partition coefficient (Wildman–Crippen LogP) is 3.42. The van der Waals surface area contributed by atoms with E-state index in [0.717, 1.165) is 9.18 Å². The standard InChI is InChI=1S/C6H11.C5H9.2Li/c1-2-4-6-5-3-1;1-2-4-5-3-1;;/h1H,2-6H2;1H,2-5H2;;.